The fourth-order valence-electron chi connectivity index (χ4n) is 1.29. The Morgan fingerprint density at radius 3 is 2.75 bits per heavy atom. The van der Waals surface area contributed by atoms with Crippen LogP contribution in [0.2, 0.25) is 0 Å². The van der Waals surface area contributed by atoms with Crippen LogP contribution in [-0.4, -0.2) is 35.6 Å². The summed E-state index contributed by atoms with van der Waals surface area (Å²) in [7, 11) is 2.08. The highest BCUT2D eigenvalue weighted by atomic mass is 32.2. The van der Waals surface area contributed by atoms with Gasteiger partial charge >= 0.3 is 0 Å². The van der Waals surface area contributed by atoms with Gasteiger partial charge in [0.15, 0.2) is 0 Å². The first kappa shape index (κ1) is 12.9. The first-order chi connectivity index (χ1) is 7.54. The molecule has 0 saturated carbocycles. The quantitative estimate of drug-likeness (QED) is 0.744. The molecule has 0 radical (unpaired) electrons. The molecule has 0 spiro atoms. The Bertz CT molecular complexity index is 406. The lowest BCUT2D eigenvalue weighted by Gasteiger charge is -2.13. The lowest BCUT2D eigenvalue weighted by atomic mass is 10.1. The van der Waals surface area contributed by atoms with E-state index in [2.05, 4.69) is 0 Å². The molecule has 4 nitrogen and oxygen atoms in total. The topological polar surface area (TPSA) is 46.6 Å². The summed E-state index contributed by atoms with van der Waals surface area (Å²) < 4.78 is 11.1. The molecule has 0 aliphatic carbocycles. The van der Waals surface area contributed by atoms with E-state index in [9.17, 15) is 9.00 Å². The van der Waals surface area contributed by atoms with Crippen molar-refractivity contribution in [3.63, 3.8) is 0 Å². The standard InChI is InChI=1S/C11H15NO3S/c1-12(15-2)11(13)10-6-4-5-9(7-10)8-16(3)14/h4-7H,8H2,1-3H3. The van der Waals surface area contributed by atoms with Crippen LogP contribution in [0.25, 0.3) is 0 Å². The van der Waals surface area contributed by atoms with Crippen molar-refractivity contribution in [3.8, 4) is 0 Å². The van der Waals surface area contributed by atoms with Crippen LogP contribution < -0.4 is 0 Å². The smallest absolute Gasteiger partial charge is 0.274 e. The molecule has 0 fully saturated rings. The fourth-order valence-corrected chi connectivity index (χ4v) is 1.94. The zero-order valence-corrected chi connectivity index (χ0v) is 10.4. The van der Waals surface area contributed by atoms with Crippen LogP contribution in [-0.2, 0) is 21.4 Å². The Morgan fingerprint density at radius 1 is 1.50 bits per heavy atom. The zero-order chi connectivity index (χ0) is 12.1. The summed E-state index contributed by atoms with van der Waals surface area (Å²) in [4.78, 5) is 16.5. The van der Waals surface area contributed by atoms with Crippen LogP contribution in [0.4, 0.5) is 0 Å². The third-order valence-corrected chi connectivity index (χ3v) is 2.84. The molecule has 1 rings (SSSR count). The van der Waals surface area contributed by atoms with E-state index in [0.717, 1.165) is 10.6 Å². The molecular formula is C11H15NO3S. The summed E-state index contributed by atoms with van der Waals surface area (Å²) in [5, 5.41) is 1.15. The van der Waals surface area contributed by atoms with Crippen LogP contribution in [0.15, 0.2) is 24.3 Å². The Kier molecular flexibility index (Phi) is 4.64. The van der Waals surface area contributed by atoms with Gasteiger partial charge in [0.05, 0.1) is 7.11 Å². The summed E-state index contributed by atoms with van der Waals surface area (Å²) in [6.45, 7) is 0. The highest BCUT2D eigenvalue weighted by Crippen LogP contribution is 2.09. The molecule has 1 unspecified atom stereocenters. The molecule has 1 aromatic rings. The highest BCUT2D eigenvalue weighted by Gasteiger charge is 2.11. The van der Waals surface area contributed by atoms with Gasteiger partial charge in [0.25, 0.3) is 5.91 Å². The van der Waals surface area contributed by atoms with Gasteiger partial charge in [0, 0.05) is 35.4 Å². The maximum Gasteiger partial charge on any atom is 0.277 e. The molecule has 5 heteroatoms. The van der Waals surface area contributed by atoms with E-state index >= 15 is 0 Å². The zero-order valence-electron chi connectivity index (χ0n) is 9.60. The van der Waals surface area contributed by atoms with Crippen molar-refractivity contribution in [1.82, 2.24) is 5.06 Å². The Morgan fingerprint density at radius 2 is 2.19 bits per heavy atom. The van der Waals surface area contributed by atoms with Crippen molar-refractivity contribution in [2.75, 3.05) is 20.4 Å². The third kappa shape index (κ3) is 3.43. The minimum Gasteiger partial charge on any atom is -0.274 e. The van der Waals surface area contributed by atoms with Crippen molar-refractivity contribution in [1.29, 1.82) is 0 Å². The largest absolute Gasteiger partial charge is 0.277 e. The molecule has 0 saturated heterocycles. The molecule has 0 aliphatic heterocycles. The van der Waals surface area contributed by atoms with Crippen molar-refractivity contribution in [2.24, 2.45) is 0 Å². The monoisotopic (exact) mass is 241 g/mol. The second kappa shape index (κ2) is 5.77. The molecule has 1 aromatic carbocycles. The normalized spacial score (nSPS) is 12.2. The number of benzene rings is 1. The molecule has 0 aromatic heterocycles. The summed E-state index contributed by atoms with van der Waals surface area (Å²) in [6.07, 6.45) is 1.63. The lowest BCUT2D eigenvalue weighted by molar-refractivity contribution is -0.0757. The number of carbonyl (C=O) groups excluding carboxylic acids is 1. The fraction of sp³-hybridized carbons (Fsp3) is 0.364. The summed E-state index contributed by atoms with van der Waals surface area (Å²) >= 11 is 0. The van der Waals surface area contributed by atoms with Crippen molar-refractivity contribution in [3.05, 3.63) is 35.4 Å². The van der Waals surface area contributed by atoms with E-state index in [1.54, 1.807) is 31.5 Å². The van der Waals surface area contributed by atoms with E-state index in [1.165, 1.54) is 7.11 Å². The molecule has 88 valence electrons. The number of rotatable bonds is 4. The number of hydroxylamine groups is 2. The molecule has 0 bridgehead atoms. The van der Waals surface area contributed by atoms with E-state index in [4.69, 9.17) is 4.84 Å². The van der Waals surface area contributed by atoms with Gasteiger partial charge in [0.2, 0.25) is 0 Å². The predicted molar refractivity (Wildman–Crippen MR) is 63.3 cm³/mol. The molecule has 1 atom stereocenters. The van der Waals surface area contributed by atoms with E-state index in [-0.39, 0.29) is 5.91 Å². The predicted octanol–water partition coefficient (Wildman–Crippen LogP) is 1.20. The molecule has 0 N–H and O–H groups in total. The average Bonchev–Trinajstić information content (AvgIpc) is 2.26. The van der Waals surface area contributed by atoms with Crippen molar-refractivity contribution in [2.45, 2.75) is 5.75 Å². The highest BCUT2D eigenvalue weighted by molar-refractivity contribution is 7.83. The number of carbonyl (C=O) groups is 1. The third-order valence-electron chi connectivity index (χ3n) is 2.10. The first-order valence-electron chi connectivity index (χ1n) is 4.75. The van der Waals surface area contributed by atoms with Gasteiger partial charge in [0.1, 0.15) is 0 Å². The number of amides is 1. The molecule has 16 heavy (non-hydrogen) atoms. The SMILES string of the molecule is CON(C)C(=O)c1cccc(CS(C)=O)c1. The minimum atomic E-state index is -0.907. The van der Waals surface area contributed by atoms with Crippen LogP contribution >= 0.6 is 0 Å². The average molecular weight is 241 g/mol. The number of hydrogen-bond acceptors (Lipinski definition) is 3. The van der Waals surface area contributed by atoms with Crippen LogP contribution in [0.1, 0.15) is 15.9 Å². The van der Waals surface area contributed by atoms with E-state index in [1.807, 2.05) is 6.07 Å². The Hall–Kier alpha value is -1.20. The molecule has 0 heterocycles. The number of hydrogen-bond donors (Lipinski definition) is 0. The van der Waals surface area contributed by atoms with E-state index < -0.39 is 10.8 Å². The van der Waals surface area contributed by atoms with Gasteiger partial charge in [-0.15, -0.1) is 0 Å². The van der Waals surface area contributed by atoms with Gasteiger partial charge in [-0.1, -0.05) is 12.1 Å². The summed E-state index contributed by atoms with van der Waals surface area (Å²) in [6, 6.07) is 7.07. The van der Waals surface area contributed by atoms with Crippen LogP contribution in [0.5, 0.6) is 0 Å². The van der Waals surface area contributed by atoms with Gasteiger partial charge in [-0.25, -0.2) is 5.06 Å². The molecule has 0 aliphatic rings. The van der Waals surface area contributed by atoms with E-state index in [0.29, 0.717) is 11.3 Å². The minimum absolute atomic E-state index is 0.216. The summed E-state index contributed by atoms with van der Waals surface area (Å²) in [5.74, 6) is 0.240. The first-order valence-corrected chi connectivity index (χ1v) is 6.48. The van der Waals surface area contributed by atoms with Gasteiger partial charge in [-0.3, -0.25) is 13.8 Å². The molecular weight excluding hydrogens is 226 g/mol. The molecule has 1 amide bonds. The Balaban J connectivity index is 2.89. The maximum atomic E-state index is 11.7. The second-order valence-corrected chi connectivity index (χ2v) is 4.84. The maximum absolute atomic E-state index is 11.7. The Labute approximate surface area is 97.6 Å². The van der Waals surface area contributed by atoms with Crippen LogP contribution in [0, 0.1) is 0 Å². The van der Waals surface area contributed by atoms with Crippen LogP contribution in [0.3, 0.4) is 0 Å². The second-order valence-electron chi connectivity index (χ2n) is 3.40. The van der Waals surface area contributed by atoms with Crippen molar-refractivity contribution >= 4 is 16.7 Å². The lowest BCUT2D eigenvalue weighted by Crippen LogP contribution is -2.25. The van der Waals surface area contributed by atoms with Gasteiger partial charge in [-0.2, -0.15) is 0 Å². The van der Waals surface area contributed by atoms with Gasteiger partial charge < -0.3 is 0 Å². The number of nitrogens with zero attached hydrogens (tertiary/aromatic N) is 1. The van der Waals surface area contributed by atoms with Gasteiger partial charge in [-0.05, 0) is 17.7 Å². The van der Waals surface area contributed by atoms with Crippen molar-refractivity contribution < 1.29 is 13.8 Å². The summed E-state index contributed by atoms with van der Waals surface area (Å²) in [5.41, 5.74) is 1.42.